The van der Waals surface area contributed by atoms with Gasteiger partial charge in [0, 0.05) is 24.3 Å². The summed E-state index contributed by atoms with van der Waals surface area (Å²) in [5, 5.41) is 63.4. The maximum atomic E-state index is 12.5. The van der Waals surface area contributed by atoms with Crippen LogP contribution >= 0.6 is 0 Å². The fraction of sp³-hybridized carbons (Fsp3) is 0.263. The van der Waals surface area contributed by atoms with Gasteiger partial charge in [-0.2, -0.15) is 30.4 Å². The van der Waals surface area contributed by atoms with Crippen molar-refractivity contribution in [1.82, 2.24) is 0 Å². The van der Waals surface area contributed by atoms with Crippen LogP contribution in [0, 0.1) is 0 Å². The summed E-state index contributed by atoms with van der Waals surface area (Å²) in [4.78, 5) is -2.73. The number of hydrogen-bond acceptors (Lipinski definition) is 20. The van der Waals surface area contributed by atoms with Crippen LogP contribution in [-0.2, 0) is 30.4 Å². The minimum atomic E-state index is -5.27. The van der Waals surface area contributed by atoms with Crippen LogP contribution in [-0.4, -0.2) is 92.4 Å². The Hall–Kier alpha value is -6.39. The Morgan fingerprint density at radius 3 is 1.75 bits per heavy atom. The first-order chi connectivity index (χ1) is 30.2. The van der Waals surface area contributed by atoms with Gasteiger partial charge in [-0.25, -0.2) is 0 Å². The Morgan fingerprint density at radius 2 is 1.17 bits per heavy atom. The average Bonchev–Trinajstić information content (AvgIpc) is 3.22. The molecule has 0 heterocycles. The Labute approximate surface area is 365 Å². The molecule has 64 heavy (non-hydrogen) atoms. The largest absolute Gasteiger partial charge is 0.507 e. The first-order valence-electron chi connectivity index (χ1n) is 18.8. The molecule has 0 aliphatic heterocycles. The summed E-state index contributed by atoms with van der Waals surface area (Å²) in [6, 6.07) is 12.3. The van der Waals surface area contributed by atoms with Gasteiger partial charge < -0.3 is 40.4 Å². The zero-order valence-electron chi connectivity index (χ0n) is 33.5. The van der Waals surface area contributed by atoms with E-state index in [9.17, 15) is 59.3 Å². The van der Waals surface area contributed by atoms with E-state index < -0.39 is 91.9 Å². The molecule has 0 amide bonds. The second-order valence-corrected chi connectivity index (χ2v) is 17.6. The molecule has 342 valence electrons. The number of aliphatic hydroxyl groups excluding tert-OH is 2. The predicted molar refractivity (Wildman–Crippen MR) is 228 cm³/mol. The van der Waals surface area contributed by atoms with E-state index in [1.807, 2.05) is 0 Å². The molecule has 0 bridgehead atoms. The van der Waals surface area contributed by atoms with Crippen LogP contribution in [0.2, 0.25) is 0 Å². The number of aromatic hydroxyl groups is 2. The average molecular weight is 948 g/mol. The third-order valence-corrected chi connectivity index (χ3v) is 11.3. The standard InChI is InChI=1S/C38H41N7O16S3/c1-2-3-4-5-12-59-24-7-9-27(26(39)18-24)41-40-23-6-8-28(34(17-23)63(53,54)55)42-43-29-20-33(61-14-11-47)30(21-32(29)60-13-10-46)44-45-37-35(64(56,57)58)16-22-15-25(62(50,51)52)19-31(48)36(22)38(37)49/h6-9,15-21,46-49H,2-5,10-14,39H2,1H3,(H,50,51,52)(H,53,54,55)(H,56,57,58)/b41-40+,43-42+,45-44+. The van der Waals surface area contributed by atoms with E-state index in [2.05, 4.69) is 37.6 Å². The van der Waals surface area contributed by atoms with Crippen molar-refractivity contribution in [1.29, 1.82) is 0 Å². The van der Waals surface area contributed by atoms with Crippen molar-refractivity contribution >= 4 is 80.9 Å². The van der Waals surface area contributed by atoms with Crippen molar-refractivity contribution in [2.75, 3.05) is 38.8 Å². The molecule has 0 aromatic heterocycles. The molecule has 26 heteroatoms. The van der Waals surface area contributed by atoms with E-state index in [0.29, 0.717) is 30.6 Å². The van der Waals surface area contributed by atoms with E-state index >= 15 is 0 Å². The van der Waals surface area contributed by atoms with Crippen molar-refractivity contribution in [3.05, 3.63) is 66.7 Å². The molecule has 0 aliphatic carbocycles. The summed E-state index contributed by atoms with van der Waals surface area (Å²) in [5.74, 6) is -2.02. The summed E-state index contributed by atoms with van der Waals surface area (Å²) in [6.45, 7) is 0.784. The number of rotatable bonds is 21. The highest BCUT2D eigenvalue weighted by Gasteiger charge is 2.26. The molecule has 5 rings (SSSR count). The highest BCUT2D eigenvalue weighted by molar-refractivity contribution is 7.86. The Bertz CT molecular complexity index is 2970. The van der Waals surface area contributed by atoms with Crippen molar-refractivity contribution in [2.45, 2.75) is 47.3 Å². The predicted octanol–water partition coefficient (Wildman–Crippen LogP) is 7.52. The lowest BCUT2D eigenvalue weighted by Gasteiger charge is -2.13. The molecule has 0 fully saturated rings. The fourth-order valence-electron chi connectivity index (χ4n) is 5.73. The third-order valence-electron chi connectivity index (χ3n) is 8.70. The summed E-state index contributed by atoms with van der Waals surface area (Å²) >= 11 is 0. The first kappa shape index (κ1) is 48.6. The van der Waals surface area contributed by atoms with Gasteiger partial charge in [0.05, 0.1) is 41.5 Å². The summed E-state index contributed by atoms with van der Waals surface area (Å²) < 4.78 is 120. The summed E-state index contributed by atoms with van der Waals surface area (Å²) in [5.41, 5.74) is 4.68. The number of aliphatic hydroxyl groups is 2. The Morgan fingerprint density at radius 1 is 0.578 bits per heavy atom. The highest BCUT2D eigenvalue weighted by Crippen LogP contribution is 2.47. The molecule has 0 atom stereocenters. The van der Waals surface area contributed by atoms with Crippen LogP contribution in [0.1, 0.15) is 32.6 Å². The first-order valence-corrected chi connectivity index (χ1v) is 23.1. The molecule has 0 spiro atoms. The van der Waals surface area contributed by atoms with Crippen LogP contribution < -0.4 is 19.9 Å². The van der Waals surface area contributed by atoms with Gasteiger partial charge in [0.15, 0.2) is 5.75 Å². The second kappa shape index (κ2) is 20.9. The maximum Gasteiger partial charge on any atom is 0.296 e. The third kappa shape index (κ3) is 12.4. The topological polar surface area (TPSA) is 372 Å². The van der Waals surface area contributed by atoms with Crippen molar-refractivity contribution in [2.24, 2.45) is 30.7 Å². The zero-order valence-corrected chi connectivity index (χ0v) is 36.0. The maximum absolute atomic E-state index is 12.5. The van der Waals surface area contributed by atoms with Gasteiger partial charge in [-0.3, -0.25) is 13.7 Å². The van der Waals surface area contributed by atoms with E-state index in [1.54, 1.807) is 18.2 Å². The van der Waals surface area contributed by atoms with Gasteiger partial charge in [-0.1, -0.05) is 26.2 Å². The monoisotopic (exact) mass is 947 g/mol. The van der Waals surface area contributed by atoms with Gasteiger partial charge in [0.25, 0.3) is 30.4 Å². The number of nitrogen functional groups attached to an aromatic ring is 1. The number of azo groups is 3. The number of phenols is 2. The molecular formula is C38H41N7O16S3. The molecule has 0 radical (unpaired) electrons. The number of nitrogens with two attached hydrogens (primary N) is 1. The molecule has 0 aliphatic rings. The number of nitrogens with zero attached hydrogens (tertiary/aromatic N) is 6. The zero-order chi connectivity index (χ0) is 46.8. The van der Waals surface area contributed by atoms with Crippen LogP contribution in [0.15, 0.2) is 112 Å². The molecule has 5 aromatic rings. The number of ether oxygens (including phenoxy) is 3. The van der Waals surface area contributed by atoms with Gasteiger partial charge in [-0.05, 0) is 54.3 Å². The lowest BCUT2D eigenvalue weighted by Crippen LogP contribution is -2.04. The van der Waals surface area contributed by atoms with Crippen LogP contribution in [0.4, 0.5) is 39.8 Å². The number of unbranched alkanes of at least 4 members (excludes halogenated alkanes) is 3. The van der Waals surface area contributed by atoms with Crippen LogP contribution in [0.3, 0.4) is 0 Å². The van der Waals surface area contributed by atoms with Crippen LogP contribution in [0.25, 0.3) is 10.8 Å². The number of benzene rings is 5. The minimum Gasteiger partial charge on any atom is -0.507 e. The smallest absolute Gasteiger partial charge is 0.296 e. The van der Waals surface area contributed by atoms with Crippen molar-refractivity contribution < 1.29 is 73.5 Å². The lowest BCUT2D eigenvalue weighted by molar-refractivity contribution is 0.198. The number of phenolic OH excluding ortho intramolecular Hbond substituents is 2. The molecule has 0 saturated carbocycles. The van der Waals surface area contributed by atoms with Crippen molar-refractivity contribution in [3.63, 3.8) is 0 Å². The summed E-state index contributed by atoms with van der Waals surface area (Å²) in [6.07, 6.45) is 4.11. The highest BCUT2D eigenvalue weighted by atomic mass is 32.2. The lowest BCUT2D eigenvalue weighted by atomic mass is 10.1. The molecule has 23 nitrogen and oxygen atoms in total. The molecule has 5 aromatic carbocycles. The van der Waals surface area contributed by atoms with Gasteiger partial charge in [-0.15, -0.1) is 25.6 Å². The molecule has 0 saturated heterocycles. The van der Waals surface area contributed by atoms with E-state index in [0.717, 1.165) is 49.9 Å². The molecule has 9 N–H and O–H groups in total. The SMILES string of the molecule is CCCCCCOc1ccc(/N=N/c2ccc(/N=N/c3cc(OCCO)c(/N=N/c4c(S(=O)(=O)O)cc5cc(S(=O)(=O)O)cc(O)c5c4O)cc3OCCO)c(S(=O)(=O)O)c2)c(N)c1. The Balaban J connectivity index is 1.52. The Kier molecular flexibility index (Phi) is 15.9. The van der Waals surface area contributed by atoms with Crippen LogP contribution in [0.5, 0.6) is 28.7 Å². The van der Waals surface area contributed by atoms with Crippen molar-refractivity contribution in [3.8, 4) is 28.7 Å². The van der Waals surface area contributed by atoms with Gasteiger partial charge in [0.1, 0.15) is 74.4 Å². The van der Waals surface area contributed by atoms with E-state index in [4.69, 9.17) is 19.9 Å². The number of fused-ring (bicyclic) bond motifs is 1. The van der Waals surface area contributed by atoms with E-state index in [-0.39, 0.29) is 53.1 Å². The molecule has 0 unspecified atom stereocenters. The normalized spacial score (nSPS) is 12.5. The quantitative estimate of drug-likeness (QED) is 0.0152. The van der Waals surface area contributed by atoms with Gasteiger partial charge in [0.2, 0.25) is 0 Å². The number of hydrogen-bond donors (Lipinski definition) is 8. The van der Waals surface area contributed by atoms with Gasteiger partial charge >= 0.3 is 0 Å². The number of anilines is 1. The fourth-order valence-corrected chi connectivity index (χ4v) is 7.56. The van der Waals surface area contributed by atoms with E-state index in [1.165, 1.54) is 6.07 Å². The summed E-state index contributed by atoms with van der Waals surface area (Å²) in [7, 11) is -15.2. The minimum absolute atomic E-state index is 0.0312. The molecular weight excluding hydrogens is 907 g/mol. The second-order valence-electron chi connectivity index (χ2n) is 13.4.